The Morgan fingerprint density at radius 1 is 1.20 bits per heavy atom. The zero-order chi connectivity index (χ0) is 14.4. The van der Waals surface area contributed by atoms with E-state index >= 15 is 0 Å². The first kappa shape index (κ1) is 13.8. The van der Waals surface area contributed by atoms with E-state index in [9.17, 15) is 9.59 Å². The van der Waals surface area contributed by atoms with Crippen molar-refractivity contribution in [1.82, 2.24) is 10.3 Å². The van der Waals surface area contributed by atoms with Gasteiger partial charge in [0.05, 0.1) is 6.54 Å². The van der Waals surface area contributed by atoms with Crippen LogP contribution < -0.4 is 5.32 Å². The van der Waals surface area contributed by atoms with Crippen molar-refractivity contribution in [3.05, 3.63) is 53.7 Å². The molecule has 0 spiro atoms. The Bertz CT molecular complexity index is 592. The second-order valence-electron chi connectivity index (χ2n) is 4.20. The van der Waals surface area contributed by atoms with Gasteiger partial charge in [-0.2, -0.15) is 0 Å². The van der Waals surface area contributed by atoms with E-state index < -0.39 is 5.97 Å². The van der Waals surface area contributed by atoms with Gasteiger partial charge in [0.25, 0.3) is 0 Å². The molecule has 0 bridgehead atoms. The lowest BCUT2D eigenvalue weighted by molar-refractivity contribution is -0.121. The van der Waals surface area contributed by atoms with E-state index in [0.717, 1.165) is 5.56 Å². The summed E-state index contributed by atoms with van der Waals surface area (Å²) < 4.78 is 5.04. The van der Waals surface area contributed by atoms with Gasteiger partial charge in [-0.15, -0.1) is 0 Å². The Labute approximate surface area is 115 Å². The predicted molar refractivity (Wildman–Crippen MR) is 70.1 cm³/mol. The molecule has 0 atom stereocenters. The van der Waals surface area contributed by atoms with Crippen LogP contribution in [0.15, 0.2) is 41.1 Å². The summed E-state index contributed by atoms with van der Waals surface area (Å²) in [4.78, 5) is 26.2. The first-order chi connectivity index (χ1) is 9.65. The summed E-state index contributed by atoms with van der Waals surface area (Å²) in [5, 5.41) is 11.4. The number of aromatic carboxylic acids is 1. The van der Waals surface area contributed by atoms with Gasteiger partial charge in [0, 0.05) is 18.8 Å². The molecule has 2 rings (SSSR count). The third-order valence-electron chi connectivity index (χ3n) is 2.72. The molecule has 0 aliphatic heterocycles. The van der Waals surface area contributed by atoms with Crippen molar-refractivity contribution in [3.63, 3.8) is 0 Å². The molecule has 1 amide bonds. The quantitative estimate of drug-likeness (QED) is 0.835. The van der Waals surface area contributed by atoms with Crippen molar-refractivity contribution in [3.8, 4) is 0 Å². The fraction of sp³-hybridized carbons (Fsp3) is 0.214. The standard InChI is InChI=1S/C14H14N2O4/c17-13(4-1-10-5-7-15-8-6-10)16-9-11-2-3-12(20-11)14(18)19/h2-3,5-8H,1,4,9H2,(H,16,17)(H,18,19). The van der Waals surface area contributed by atoms with Gasteiger partial charge >= 0.3 is 5.97 Å². The van der Waals surface area contributed by atoms with Gasteiger partial charge in [0.2, 0.25) is 11.7 Å². The second-order valence-corrected chi connectivity index (χ2v) is 4.20. The van der Waals surface area contributed by atoms with E-state index in [0.29, 0.717) is 18.6 Å². The molecule has 0 fully saturated rings. The highest BCUT2D eigenvalue weighted by molar-refractivity contribution is 5.84. The number of aryl methyl sites for hydroxylation is 1. The zero-order valence-electron chi connectivity index (χ0n) is 10.7. The monoisotopic (exact) mass is 274 g/mol. The number of carboxylic acid groups (broad SMARTS) is 1. The van der Waals surface area contributed by atoms with Gasteiger partial charge in [0.15, 0.2) is 0 Å². The lowest BCUT2D eigenvalue weighted by atomic mass is 10.1. The molecule has 2 heterocycles. The Morgan fingerprint density at radius 3 is 2.60 bits per heavy atom. The van der Waals surface area contributed by atoms with Crippen LogP contribution >= 0.6 is 0 Å². The van der Waals surface area contributed by atoms with Gasteiger partial charge in [-0.3, -0.25) is 9.78 Å². The molecule has 2 N–H and O–H groups in total. The normalized spacial score (nSPS) is 10.2. The highest BCUT2D eigenvalue weighted by Crippen LogP contribution is 2.07. The Morgan fingerprint density at radius 2 is 1.95 bits per heavy atom. The average Bonchev–Trinajstić information content (AvgIpc) is 2.93. The maximum Gasteiger partial charge on any atom is 0.371 e. The average molecular weight is 274 g/mol. The van der Waals surface area contributed by atoms with Crippen molar-refractivity contribution in [2.45, 2.75) is 19.4 Å². The summed E-state index contributed by atoms with van der Waals surface area (Å²) in [5.74, 6) is -0.957. The number of carboxylic acids is 1. The number of rotatable bonds is 6. The molecule has 104 valence electrons. The Kier molecular flexibility index (Phi) is 4.49. The lowest BCUT2D eigenvalue weighted by Crippen LogP contribution is -2.22. The van der Waals surface area contributed by atoms with Crippen molar-refractivity contribution in [2.24, 2.45) is 0 Å². The maximum atomic E-state index is 11.6. The molecule has 2 aromatic heterocycles. The fourth-order valence-corrected chi connectivity index (χ4v) is 1.67. The molecule has 0 radical (unpaired) electrons. The van der Waals surface area contributed by atoms with Crippen LogP contribution in [-0.4, -0.2) is 22.0 Å². The third kappa shape index (κ3) is 3.94. The molecular formula is C14H14N2O4. The number of nitrogens with zero attached hydrogens (tertiary/aromatic N) is 1. The molecular weight excluding hydrogens is 260 g/mol. The van der Waals surface area contributed by atoms with Crippen molar-refractivity contribution in [1.29, 1.82) is 0 Å². The molecule has 2 aromatic rings. The summed E-state index contributed by atoms with van der Waals surface area (Å²) in [5.41, 5.74) is 1.04. The van der Waals surface area contributed by atoms with Gasteiger partial charge in [0.1, 0.15) is 5.76 Å². The van der Waals surface area contributed by atoms with E-state index in [-0.39, 0.29) is 18.2 Å². The number of hydrogen-bond donors (Lipinski definition) is 2. The highest BCUT2D eigenvalue weighted by Gasteiger charge is 2.09. The topological polar surface area (TPSA) is 92.4 Å². The van der Waals surface area contributed by atoms with Crippen LogP contribution in [0.3, 0.4) is 0 Å². The van der Waals surface area contributed by atoms with Gasteiger partial charge in [-0.1, -0.05) is 0 Å². The summed E-state index contributed by atoms with van der Waals surface area (Å²) >= 11 is 0. The molecule has 0 saturated heterocycles. The number of aromatic nitrogens is 1. The zero-order valence-corrected chi connectivity index (χ0v) is 10.7. The number of furan rings is 1. The van der Waals surface area contributed by atoms with Crippen molar-refractivity contribution >= 4 is 11.9 Å². The van der Waals surface area contributed by atoms with Gasteiger partial charge in [-0.05, 0) is 36.2 Å². The molecule has 0 aliphatic carbocycles. The van der Waals surface area contributed by atoms with Crippen LogP contribution in [0.5, 0.6) is 0 Å². The summed E-state index contributed by atoms with van der Waals surface area (Å²) in [7, 11) is 0. The van der Waals surface area contributed by atoms with E-state index in [4.69, 9.17) is 9.52 Å². The van der Waals surface area contributed by atoms with Crippen LogP contribution in [0.25, 0.3) is 0 Å². The molecule has 6 heteroatoms. The van der Waals surface area contributed by atoms with E-state index in [2.05, 4.69) is 10.3 Å². The number of nitrogens with one attached hydrogen (secondary N) is 1. The summed E-state index contributed by atoms with van der Waals surface area (Å²) in [6, 6.07) is 6.62. The highest BCUT2D eigenvalue weighted by atomic mass is 16.4. The predicted octanol–water partition coefficient (Wildman–Crippen LogP) is 1.62. The van der Waals surface area contributed by atoms with Crippen molar-refractivity contribution < 1.29 is 19.1 Å². The number of pyridine rings is 1. The third-order valence-corrected chi connectivity index (χ3v) is 2.72. The number of carbonyl (C=O) groups excluding carboxylic acids is 1. The Balaban J connectivity index is 1.76. The van der Waals surface area contributed by atoms with Crippen molar-refractivity contribution in [2.75, 3.05) is 0 Å². The minimum absolute atomic E-state index is 0.116. The SMILES string of the molecule is O=C(CCc1ccncc1)NCc1ccc(C(=O)O)o1. The summed E-state index contributed by atoms with van der Waals surface area (Å²) in [6.45, 7) is 0.183. The van der Waals surface area contributed by atoms with Gasteiger partial charge < -0.3 is 14.8 Å². The molecule has 20 heavy (non-hydrogen) atoms. The first-order valence-corrected chi connectivity index (χ1v) is 6.13. The molecule has 0 saturated carbocycles. The van der Waals surface area contributed by atoms with Crippen LogP contribution in [0.1, 0.15) is 28.3 Å². The summed E-state index contributed by atoms with van der Waals surface area (Å²) in [6.07, 6.45) is 4.36. The molecule has 6 nitrogen and oxygen atoms in total. The largest absolute Gasteiger partial charge is 0.475 e. The minimum Gasteiger partial charge on any atom is -0.475 e. The van der Waals surface area contributed by atoms with Crippen LogP contribution in [-0.2, 0) is 17.8 Å². The molecule has 0 aromatic carbocycles. The molecule has 0 aliphatic rings. The number of carbonyl (C=O) groups is 2. The smallest absolute Gasteiger partial charge is 0.371 e. The van der Waals surface area contributed by atoms with Gasteiger partial charge in [-0.25, -0.2) is 4.79 Å². The van der Waals surface area contributed by atoms with E-state index in [1.165, 1.54) is 12.1 Å². The van der Waals surface area contributed by atoms with Crippen LogP contribution in [0, 0.1) is 0 Å². The Hall–Kier alpha value is -2.63. The number of amides is 1. The van der Waals surface area contributed by atoms with E-state index in [1.54, 1.807) is 12.4 Å². The maximum absolute atomic E-state index is 11.6. The number of hydrogen-bond acceptors (Lipinski definition) is 4. The minimum atomic E-state index is -1.12. The van der Waals surface area contributed by atoms with E-state index in [1.807, 2.05) is 12.1 Å². The second kappa shape index (κ2) is 6.51. The van der Waals surface area contributed by atoms with Crippen LogP contribution in [0.2, 0.25) is 0 Å². The lowest BCUT2D eigenvalue weighted by Gasteiger charge is -2.03. The van der Waals surface area contributed by atoms with Crippen LogP contribution in [0.4, 0.5) is 0 Å². The first-order valence-electron chi connectivity index (χ1n) is 6.13. The molecule has 0 unspecified atom stereocenters. The fourth-order valence-electron chi connectivity index (χ4n) is 1.67.